The van der Waals surface area contributed by atoms with E-state index in [4.69, 9.17) is 5.11 Å². The number of anilines is 1. The SMILES string of the molecule is Cc1ccc(C)c(N2N=C(C(=O)N3CCCC3CC(=O)O)CCC2=O)c1. The first-order valence-corrected chi connectivity index (χ1v) is 8.87. The number of hydrogen-bond acceptors (Lipinski definition) is 4. The van der Waals surface area contributed by atoms with Crippen LogP contribution in [0.25, 0.3) is 0 Å². The van der Waals surface area contributed by atoms with Gasteiger partial charge in [-0.25, -0.2) is 5.01 Å². The average Bonchev–Trinajstić information content (AvgIpc) is 3.04. The Morgan fingerprint density at radius 2 is 2.04 bits per heavy atom. The van der Waals surface area contributed by atoms with E-state index in [1.807, 2.05) is 32.0 Å². The summed E-state index contributed by atoms with van der Waals surface area (Å²) in [5, 5.41) is 14.7. The Labute approximate surface area is 152 Å². The van der Waals surface area contributed by atoms with Crippen LogP contribution in [0.5, 0.6) is 0 Å². The van der Waals surface area contributed by atoms with Crippen molar-refractivity contribution in [1.82, 2.24) is 4.90 Å². The van der Waals surface area contributed by atoms with E-state index in [2.05, 4.69) is 5.10 Å². The van der Waals surface area contributed by atoms with E-state index in [1.54, 1.807) is 4.90 Å². The number of rotatable bonds is 4. The number of carbonyl (C=O) groups is 3. The van der Waals surface area contributed by atoms with Crippen LogP contribution in [-0.4, -0.2) is 46.1 Å². The highest BCUT2D eigenvalue weighted by molar-refractivity contribution is 6.40. The van der Waals surface area contributed by atoms with Gasteiger partial charge in [-0.05, 0) is 43.9 Å². The van der Waals surface area contributed by atoms with Crippen LogP contribution in [-0.2, 0) is 14.4 Å². The van der Waals surface area contributed by atoms with Crippen LogP contribution in [0.15, 0.2) is 23.3 Å². The van der Waals surface area contributed by atoms with Crippen LogP contribution in [0, 0.1) is 13.8 Å². The summed E-state index contributed by atoms with van der Waals surface area (Å²) in [5.41, 5.74) is 2.92. The average molecular weight is 357 g/mol. The van der Waals surface area contributed by atoms with Crippen LogP contribution >= 0.6 is 0 Å². The second-order valence-corrected chi connectivity index (χ2v) is 6.93. The lowest BCUT2D eigenvalue weighted by molar-refractivity contribution is -0.138. The number of carboxylic acid groups (broad SMARTS) is 1. The molecular formula is C19H23N3O4. The number of amides is 2. The molecular weight excluding hydrogens is 334 g/mol. The first-order chi connectivity index (χ1) is 12.4. The molecule has 0 bridgehead atoms. The molecule has 1 atom stereocenters. The summed E-state index contributed by atoms with van der Waals surface area (Å²) in [4.78, 5) is 37.9. The molecule has 1 unspecified atom stereocenters. The van der Waals surface area contributed by atoms with Crippen molar-refractivity contribution in [2.24, 2.45) is 5.10 Å². The number of aryl methyl sites for hydroxylation is 2. The molecule has 26 heavy (non-hydrogen) atoms. The summed E-state index contributed by atoms with van der Waals surface area (Å²) in [5.74, 6) is -1.30. The minimum atomic E-state index is -0.910. The monoisotopic (exact) mass is 357 g/mol. The molecule has 1 fully saturated rings. The van der Waals surface area contributed by atoms with E-state index < -0.39 is 5.97 Å². The molecule has 0 spiro atoms. The van der Waals surface area contributed by atoms with Gasteiger partial charge in [0.2, 0.25) is 5.91 Å². The second kappa shape index (κ2) is 7.27. The van der Waals surface area contributed by atoms with Gasteiger partial charge in [-0.15, -0.1) is 0 Å². The third-order valence-corrected chi connectivity index (χ3v) is 4.92. The third-order valence-electron chi connectivity index (χ3n) is 4.92. The maximum Gasteiger partial charge on any atom is 0.305 e. The van der Waals surface area contributed by atoms with Crippen molar-refractivity contribution in [2.75, 3.05) is 11.6 Å². The molecule has 7 heteroatoms. The molecule has 0 aromatic heterocycles. The standard InChI is InChI=1S/C19H23N3O4/c1-12-5-6-13(2)16(10-12)22-17(23)8-7-15(20-22)19(26)21-9-3-4-14(21)11-18(24)25/h5-6,10,14H,3-4,7-9,11H2,1-2H3,(H,24,25). The quantitative estimate of drug-likeness (QED) is 0.895. The van der Waals surface area contributed by atoms with E-state index in [-0.39, 0.29) is 37.1 Å². The van der Waals surface area contributed by atoms with Crippen LogP contribution in [0.1, 0.15) is 43.2 Å². The van der Waals surface area contributed by atoms with Crippen LogP contribution in [0.3, 0.4) is 0 Å². The molecule has 0 radical (unpaired) electrons. The van der Waals surface area contributed by atoms with Gasteiger partial charge in [0.25, 0.3) is 5.91 Å². The molecule has 1 aromatic carbocycles. The molecule has 3 rings (SSSR count). The summed E-state index contributed by atoms with van der Waals surface area (Å²) in [6, 6.07) is 5.47. The normalized spacial score (nSPS) is 20.3. The largest absolute Gasteiger partial charge is 0.481 e. The zero-order valence-electron chi connectivity index (χ0n) is 15.1. The molecule has 2 heterocycles. The summed E-state index contributed by atoms with van der Waals surface area (Å²) < 4.78 is 0. The number of likely N-dealkylation sites (tertiary alicyclic amines) is 1. The highest BCUT2D eigenvalue weighted by Crippen LogP contribution is 2.27. The molecule has 2 aliphatic rings. The maximum absolute atomic E-state index is 12.9. The minimum absolute atomic E-state index is 0.0569. The van der Waals surface area contributed by atoms with Gasteiger partial charge in [-0.2, -0.15) is 5.10 Å². The first-order valence-electron chi connectivity index (χ1n) is 8.87. The maximum atomic E-state index is 12.9. The third kappa shape index (κ3) is 3.61. The van der Waals surface area contributed by atoms with E-state index in [0.29, 0.717) is 24.4 Å². The number of carbonyl (C=O) groups excluding carboxylic acids is 2. The van der Waals surface area contributed by atoms with E-state index in [0.717, 1.165) is 17.5 Å². The summed E-state index contributed by atoms with van der Waals surface area (Å²) in [6.07, 6.45) is 1.92. The number of benzene rings is 1. The predicted molar refractivity (Wildman–Crippen MR) is 97.1 cm³/mol. The van der Waals surface area contributed by atoms with Crippen LogP contribution < -0.4 is 5.01 Å². The van der Waals surface area contributed by atoms with Gasteiger partial charge in [0, 0.05) is 25.4 Å². The lowest BCUT2D eigenvalue weighted by Crippen LogP contribution is -2.44. The molecule has 138 valence electrons. The van der Waals surface area contributed by atoms with Crippen molar-refractivity contribution in [3.63, 3.8) is 0 Å². The fourth-order valence-electron chi connectivity index (χ4n) is 3.53. The van der Waals surface area contributed by atoms with Crippen LogP contribution in [0.4, 0.5) is 5.69 Å². The predicted octanol–water partition coefficient (Wildman–Crippen LogP) is 2.25. The molecule has 7 nitrogen and oxygen atoms in total. The molecule has 2 aliphatic heterocycles. The second-order valence-electron chi connectivity index (χ2n) is 6.93. The highest BCUT2D eigenvalue weighted by Gasteiger charge is 2.35. The zero-order valence-corrected chi connectivity index (χ0v) is 15.1. The Morgan fingerprint density at radius 1 is 1.27 bits per heavy atom. The van der Waals surface area contributed by atoms with E-state index in [1.165, 1.54) is 5.01 Å². The van der Waals surface area contributed by atoms with Gasteiger partial charge in [-0.3, -0.25) is 14.4 Å². The fourth-order valence-corrected chi connectivity index (χ4v) is 3.53. The Balaban J connectivity index is 1.87. The Kier molecular flexibility index (Phi) is 5.06. The number of hydrogen-bond donors (Lipinski definition) is 1. The van der Waals surface area contributed by atoms with Crippen molar-refractivity contribution in [2.45, 2.75) is 52.0 Å². The van der Waals surface area contributed by atoms with Gasteiger partial charge < -0.3 is 10.0 Å². The van der Waals surface area contributed by atoms with Crippen molar-refractivity contribution in [1.29, 1.82) is 0 Å². The summed E-state index contributed by atoms with van der Waals surface area (Å²) in [6.45, 7) is 4.37. The van der Waals surface area contributed by atoms with Crippen molar-refractivity contribution < 1.29 is 19.5 Å². The van der Waals surface area contributed by atoms with Gasteiger partial charge in [0.1, 0.15) is 5.71 Å². The van der Waals surface area contributed by atoms with Crippen molar-refractivity contribution in [3.05, 3.63) is 29.3 Å². The Hall–Kier alpha value is -2.70. The highest BCUT2D eigenvalue weighted by atomic mass is 16.4. The molecule has 2 amide bonds. The summed E-state index contributed by atoms with van der Waals surface area (Å²) in [7, 11) is 0. The lowest BCUT2D eigenvalue weighted by atomic mass is 10.1. The number of hydrazone groups is 1. The van der Waals surface area contributed by atoms with Gasteiger partial charge in [-0.1, -0.05) is 12.1 Å². The van der Waals surface area contributed by atoms with E-state index >= 15 is 0 Å². The lowest BCUT2D eigenvalue weighted by Gasteiger charge is -2.28. The molecule has 0 saturated carbocycles. The topological polar surface area (TPSA) is 90.3 Å². The van der Waals surface area contributed by atoms with Crippen molar-refractivity contribution >= 4 is 29.2 Å². The van der Waals surface area contributed by atoms with E-state index in [9.17, 15) is 14.4 Å². The Morgan fingerprint density at radius 3 is 2.77 bits per heavy atom. The molecule has 1 saturated heterocycles. The summed E-state index contributed by atoms with van der Waals surface area (Å²) >= 11 is 0. The molecule has 1 aromatic rings. The van der Waals surface area contributed by atoms with Crippen LogP contribution in [0.2, 0.25) is 0 Å². The molecule has 0 aliphatic carbocycles. The van der Waals surface area contributed by atoms with Gasteiger partial charge in [0.05, 0.1) is 12.1 Å². The Bertz CT molecular complexity index is 787. The first kappa shape index (κ1) is 18.1. The zero-order chi connectivity index (χ0) is 18.8. The molecule has 1 N–H and O–H groups in total. The number of carboxylic acids is 1. The number of aliphatic carboxylic acids is 1. The number of nitrogens with zero attached hydrogens (tertiary/aromatic N) is 3. The van der Waals surface area contributed by atoms with Crippen molar-refractivity contribution in [3.8, 4) is 0 Å². The van der Waals surface area contributed by atoms with Gasteiger partial charge in [0.15, 0.2) is 0 Å². The fraction of sp³-hybridized carbons (Fsp3) is 0.474. The minimum Gasteiger partial charge on any atom is -0.481 e. The smallest absolute Gasteiger partial charge is 0.305 e. The van der Waals surface area contributed by atoms with Gasteiger partial charge >= 0.3 is 5.97 Å².